The van der Waals surface area contributed by atoms with Gasteiger partial charge in [-0.05, 0) is 25.9 Å². The number of likely N-dealkylation sites (N-methyl/N-ethyl adjacent to an activating group) is 1. The molecule has 1 atom stereocenters. The van der Waals surface area contributed by atoms with Gasteiger partial charge in [0.2, 0.25) is 0 Å². The first-order chi connectivity index (χ1) is 7.38. The molecule has 4 heteroatoms. The van der Waals surface area contributed by atoms with E-state index in [-0.39, 0.29) is 0 Å². The Labute approximate surface area is 91.1 Å². The van der Waals surface area contributed by atoms with Crippen LogP contribution in [0.2, 0.25) is 0 Å². The van der Waals surface area contributed by atoms with Crippen LogP contribution in [0, 0.1) is 0 Å². The van der Waals surface area contributed by atoms with Crippen molar-refractivity contribution >= 4 is 0 Å². The first-order valence-corrected chi connectivity index (χ1v) is 5.81. The lowest BCUT2D eigenvalue weighted by molar-refractivity contribution is 0.198. The molecule has 0 saturated carbocycles. The minimum Gasteiger partial charge on any atom is -0.347 e. The molecule has 0 aliphatic carbocycles. The fraction of sp³-hybridized carbons (Fsp3) is 0.727. The number of piperidine rings is 1. The predicted molar refractivity (Wildman–Crippen MR) is 60.6 cm³/mol. The first kappa shape index (κ1) is 10.6. The summed E-state index contributed by atoms with van der Waals surface area (Å²) in [5, 5.41) is 3.58. The molecule has 1 aromatic heterocycles. The van der Waals surface area contributed by atoms with Gasteiger partial charge in [0.25, 0.3) is 0 Å². The summed E-state index contributed by atoms with van der Waals surface area (Å²) in [4.78, 5) is 9.63. The van der Waals surface area contributed by atoms with Crippen molar-refractivity contribution in [3.05, 3.63) is 18.2 Å². The fourth-order valence-electron chi connectivity index (χ4n) is 2.15. The summed E-state index contributed by atoms with van der Waals surface area (Å²) >= 11 is 0. The van der Waals surface area contributed by atoms with Crippen LogP contribution in [0.15, 0.2) is 12.5 Å². The number of aromatic nitrogens is 2. The normalized spacial score (nSPS) is 23.1. The molecule has 0 radical (unpaired) electrons. The minimum atomic E-state index is 0.641. The molecule has 0 amide bonds. The molecule has 0 bridgehead atoms. The predicted octanol–water partition coefficient (Wildman–Crippen LogP) is 0.984. The average Bonchev–Trinajstić information content (AvgIpc) is 2.79. The number of aromatic amines is 1. The van der Waals surface area contributed by atoms with E-state index in [0.717, 1.165) is 6.54 Å². The van der Waals surface area contributed by atoms with Gasteiger partial charge in [-0.1, -0.05) is 6.92 Å². The molecule has 1 fully saturated rings. The highest BCUT2D eigenvalue weighted by Gasteiger charge is 2.17. The Bertz CT molecular complexity index is 270. The Kier molecular flexibility index (Phi) is 3.75. The second-order valence-corrected chi connectivity index (χ2v) is 4.19. The second-order valence-electron chi connectivity index (χ2n) is 4.19. The summed E-state index contributed by atoms with van der Waals surface area (Å²) in [7, 11) is 0. The molecule has 1 aliphatic heterocycles. The number of rotatable bonds is 4. The molecule has 0 spiro atoms. The zero-order valence-corrected chi connectivity index (χ0v) is 9.37. The molecule has 1 aliphatic rings. The molecule has 84 valence electrons. The maximum atomic E-state index is 4.01. The van der Waals surface area contributed by atoms with Crippen molar-refractivity contribution in [1.29, 1.82) is 0 Å². The number of H-pyrrole nitrogens is 1. The van der Waals surface area contributed by atoms with Gasteiger partial charge in [-0.2, -0.15) is 0 Å². The monoisotopic (exact) mass is 208 g/mol. The van der Waals surface area contributed by atoms with Gasteiger partial charge in [0.15, 0.2) is 0 Å². The van der Waals surface area contributed by atoms with E-state index in [9.17, 15) is 0 Å². The van der Waals surface area contributed by atoms with Crippen LogP contribution >= 0.6 is 0 Å². The van der Waals surface area contributed by atoms with E-state index in [2.05, 4.69) is 27.1 Å². The van der Waals surface area contributed by atoms with E-state index in [1.54, 1.807) is 6.33 Å². The zero-order valence-electron chi connectivity index (χ0n) is 9.37. The molecule has 1 saturated heterocycles. The molecule has 2 N–H and O–H groups in total. The van der Waals surface area contributed by atoms with Gasteiger partial charge in [-0.15, -0.1) is 0 Å². The average molecular weight is 208 g/mol. The Morgan fingerprint density at radius 2 is 2.60 bits per heavy atom. The summed E-state index contributed by atoms with van der Waals surface area (Å²) in [5.41, 5.74) is 1.17. The van der Waals surface area contributed by atoms with Crippen molar-refractivity contribution in [2.75, 3.05) is 19.6 Å². The summed E-state index contributed by atoms with van der Waals surface area (Å²) in [6.45, 7) is 6.76. The number of hydrogen-bond acceptors (Lipinski definition) is 3. The third-order valence-corrected chi connectivity index (χ3v) is 3.09. The largest absolute Gasteiger partial charge is 0.347 e. The Morgan fingerprint density at radius 1 is 1.67 bits per heavy atom. The highest BCUT2D eigenvalue weighted by atomic mass is 15.2. The molecule has 1 aromatic rings. The van der Waals surface area contributed by atoms with Crippen molar-refractivity contribution in [2.45, 2.75) is 32.4 Å². The first-order valence-electron chi connectivity index (χ1n) is 5.81. The second kappa shape index (κ2) is 5.28. The standard InChI is InChI=1S/C11H20N4/c1-2-15-5-3-4-10(8-15)13-7-11-6-12-9-14-11/h6,9-10,13H,2-5,7-8H2,1H3,(H,12,14). The van der Waals surface area contributed by atoms with Crippen molar-refractivity contribution < 1.29 is 0 Å². The van der Waals surface area contributed by atoms with Crippen LogP contribution in [0.5, 0.6) is 0 Å². The lowest BCUT2D eigenvalue weighted by Gasteiger charge is -2.32. The maximum absolute atomic E-state index is 4.01. The molecule has 0 aromatic carbocycles. The maximum Gasteiger partial charge on any atom is 0.0922 e. The number of nitrogens with zero attached hydrogens (tertiary/aromatic N) is 2. The molecule has 2 heterocycles. The fourth-order valence-corrected chi connectivity index (χ4v) is 2.15. The third kappa shape index (κ3) is 3.04. The molecule has 15 heavy (non-hydrogen) atoms. The van der Waals surface area contributed by atoms with Gasteiger partial charge in [0, 0.05) is 31.0 Å². The highest BCUT2D eigenvalue weighted by molar-refractivity contribution is 4.94. The van der Waals surface area contributed by atoms with Gasteiger partial charge >= 0.3 is 0 Å². The van der Waals surface area contributed by atoms with Gasteiger partial charge in [-0.25, -0.2) is 4.98 Å². The van der Waals surface area contributed by atoms with Crippen LogP contribution in [0.4, 0.5) is 0 Å². The lowest BCUT2D eigenvalue weighted by Crippen LogP contribution is -2.45. The molecule has 2 rings (SSSR count). The Balaban J connectivity index is 1.74. The van der Waals surface area contributed by atoms with Gasteiger partial charge in [0.1, 0.15) is 0 Å². The Hall–Kier alpha value is -0.870. The van der Waals surface area contributed by atoms with Crippen molar-refractivity contribution in [1.82, 2.24) is 20.2 Å². The number of imidazole rings is 1. The van der Waals surface area contributed by atoms with Crippen molar-refractivity contribution in [2.24, 2.45) is 0 Å². The summed E-state index contributed by atoms with van der Waals surface area (Å²) in [5.74, 6) is 0. The topological polar surface area (TPSA) is 44.0 Å². The highest BCUT2D eigenvalue weighted by Crippen LogP contribution is 2.09. The minimum absolute atomic E-state index is 0.641. The lowest BCUT2D eigenvalue weighted by atomic mass is 10.1. The molecular weight excluding hydrogens is 188 g/mol. The van der Waals surface area contributed by atoms with E-state index < -0.39 is 0 Å². The van der Waals surface area contributed by atoms with Crippen LogP contribution in [-0.4, -0.2) is 40.5 Å². The molecule has 1 unspecified atom stereocenters. The summed E-state index contributed by atoms with van der Waals surface area (Å²) in [6.07, 6.45) is 6.22. The van der Waals surface area contributed by atoms with Gasteiger partial charge in [0.05, 0.1) is 6.33 Å². The van der Waals surface area contributed by atoms with Crippen molar-refractivity contribution in [3.63, 3.8) is 0 Å². The quantitative estimate of drug-likeness (QED) is 0.775. The van der Waals surface area contributed by atoms with Gasteiger partial charge < -0.3 is 15.2 Å². The van der Waals surface area contributed by atoms with Crippen LogP contribution < -0.4 is 5.32 Å². The van der Waals surface area contributed by atoms with Crippen LogP contribution in [0.3, 0.4) is 0 Å². The van der Waals surface area contributed by atoms with E-state index >= 15 is 0 Å². The van der Waals surface area contributed by atoms with E-state index in [4.69, 9.17) is 0 Å². The smallest absolute Gasteiger partial charge is 0.0922 e. The van der Waals surface area contributed by atoms with E-state index in [1.807, 2.05) is 6.20 Å². The van der Waals surface area contributed by atoms with Gasteiger partial charge in [-0.3, -0.25) is 0 Å². The number of likely N-dealkylation sites (tertiary alicyclic amines) is 1. The third-order valence-electron chi connectivity index (χ3n) is 3.09. The zero-order chi connectivity index (χ0) is 10.5. The summed E-state index contributed by atoms with van der Waals surface area (Å²) < 4.78 is 0. The summed E-state index contributed by atoms with van der Waals surface area (Å²) in [6, 6.07) is 0.641. The number of nitrogens with one attached hydrogen (secondary N) is 2. The molecular formula is C11H20N4. The SMILES string of the molecule is CCN1CCCC(NCc2cnc[nH]2)C1. The number of hydrogen-bond donors (Lipinski definition) is 2. The van der Waals surface area contributed by atoms with E-state index in [0.29, 0.717) is 6.04 Å². The van der Waals surface area contributed by atoms with Crippen LogP contribution in [0.25, 0.3) is 0 Å². The van der Waals surface area contributed by atoms with Crippen LogP contribution in [0.1, 0.15) is 25.5 Å². The molecule has 4 nitrogen and oxygen atoms in total. The van der Waals surface area contributed by atoms with Crippen molar-refractivity contribution in [3.8, 4) is 0 Å². The van der Waals surface area contributed by atoms with Crippen LogP contribution in [-0.2, 0) is 6.54 Å². The Morgan fingerprint density at radius 3 is 3.33 bits per heavy atom. The van der Waals surface area contributed by atoms with E-state index in [1.165, 1.54) is 38.2 Å².